The summed E-state index contributed by atoms with van der Waals surface area (Å²) >= 11 is 1.50. The van der Waals surface area contributed by atoms with Crippen molar-refractivity contribution in [2.45, 2.75) is 32.7 Å². The molecule has 0 fully saturated rings. The molecule has 25 heavy (non-hydrogen) atoms. The van der Waals surface area contributed by atoms with Crippen molar-refractivity contribution in [2.75, 3.05) is 11.4 Å². The molecule has 1 aromatic carbocycles. The van der Waals surface area contributed by atoms with Crippen molar-refractivity contribution in [3.05, 3.63) is 57.9 Å². The maximum absolute atomic E-state index is 13.2. The van der Waals surface area contributed by atoms with Gasteiger partial charge in [0.25, 0.3) is 11.8 Å². The van der Waals surface area contributed by atoms with E-state index in [0.717, 1.165) is 30.0 Å². The summed E-state index contributed by atoms with van der Waals surface area (Å²) in [4.78, 5) is 30.5. The van der Waals surface area contributed by atoms with Gasteiger partial charge in [-0.1, -0.05) is 24.3 Å². The second-order valence-electron chi connectivity index (χ2n) is 6.66. The van der Waals surface area contributed by atoms with Crippen molar-refractivity contribution in [1.82, 2.24) is 4.90 Å². The summed E-state index contributed by atoms with van der Waals surface area (Å²) in [6, 6.07) is 11.9. The van der Waals surface area contributed by atoms with E-state index in [1.165, 1.54) is 21.8 Å². The van der Waals surface area contributed by atoms with E-state index < -0.39 is 0 Å². The largest absolute Gasteiger partial charge is 0.336 e. The molecule has 0 bridgehead atoms. The van der Waals surface area contributed by atoms with Crippen LogP contribution in [0, 0.1) is 0 Å². The first-order chi connectivity index (χ1) is 12.1. The van der Waals surface area contributed by atoms with E-state index >= 15 is 0 Å². The fraction of sp³-hybridized carbons (Fsp3) is 0.300. The van der Waals surface area contributed by atoms with E-state index in [1.807, 2.05) is 49.6 Å². The minimum Gasteiger partial charge on any atom is -0.336 e. The summed E-state index contributed by atoms with van der Waals surface area (Å²) in [6.07, 6.45) is 1.98. The summed E-state index contributed by atoms with van der Waals surface area (Å²) in [5.41, 5.74) is 3.36. The quantitative estimate of drug-likeness (QED) is 0.791. The van der Waals surface area contributed by atoms with Gasteiger partial charge in [0.2, 0.25) is 0 Å². The lowest BCUT2D eigenvalue weighted by molar-refractivity contribution is -0.138. The molecule has 4 nitrogen and oxygen atoms in total. The number of anilines is 1. The van der Waals surface area contributed by atoms with E-state index in [9.17, 15) is 9.59 Å². The summed E-state index contributed by atoms with van der Waals surface area (Å²) in [6.45, 7) is 4.52. The summed E-state index contributed by atoms with van der Waals surface area (Å²) in [5.74, 6) is -0.361. The highest BCUT2D eigenvalue weighted by Crippen LogP contribution is 2.39. The molecule has 4 rings (SSSR count). The van der Waals surface area contributed by atoms with Crippen LogP contribution in [-0.2, 0) is 16.0 Å². The fourth-order valence-electron chi connectivity index (χ4n) is 3.66. The smallest absolute Gasteiger partial charge is 0.278 e. The molecular formula is C20H20N2O2S. The Labute approximate surface area is 151 Å². The number of fused-ring (bicyclic) bond motifs is 1. The van der Waals surface area contributed by atoms with Crippen LogP contribution in [0.2, 0.25) is 0 Å². The highest BCUT2D eigenvalue weighted by atomic mass is 32.1. The lowest BCUT2D eigenvalue weighted by atomic mass is 10.00. The predicted molar refractivity (Wildman–Crippen MR) is 100 cm³/mol. The molecule has 0 N–H and O–H groups in total. The van der Waals surface area contributed by atoms with Crippen molar-refractivity contribution in [3.8, 4) is 0 Å². The molecule has 2 aliphatic rings. The second kappa shape index (κ2) is 6.15. The number of thiophene rings is 1. The Morgan fingerprint density at radius 1 is 1.04 bits per heavy atom. The Bertz CT molecular complexity index is 868. The average molecular weight is 352 g/mol. The third-order valence-electron chi connectivity index (χ3n) is 4.75. The third-order valence-corrected chi connectivity index (χ3v) is 5.64. The number of benzene rings is 1. The Hall–Kier alpha value is -2.40. The van der Waals surface area contributed by atoms with Crippen LogP contribution in [0.3, 0.4) is 0 Å². The molecule has 0 unspecified atom stereocenters. The van der Waals surface area contributed by atoms with Gasteiger partial charge in [0, 0.05) is 23.2 Å². The van der Waals surface area contributed by atoms with Crippen LogP contribution >= 0.6 is 11.3 Å². The molecule has 5 heteroatoms. The van der Waals surface area contributed by atoms with Gasteiger partial charge in [-0.25, -0.2) is 0 Å². The molecular weight excluding hydrogens is 332 g/mol. The van der Waals surface area contributed by atoms with Crippen LogP contribution < -0.4 is 4.90 Å². The highest BCUT2D eigenvalue weighted by Gasteiger charge is 2.44. The fourth-order valence-corrected chi connectivity index (χ4v) is 4.43. The van der Waals surface area contributed by atoms with Crippen molar-refractivity contribution >= 4 is 34.4 Å². The second-order valence-corrected chi connectivity index (χ2v) is 7.61. The van der Waals surface area contributed by atoms with Gasteiger partial charge in [-0.3, -0.25) is 14.5 Å². The predicted octanol–water partition coefficient (Wildman–Crippen LogP) is 3.69. The number of imide groups is 1. The molecule has 2 aliphatic heterocycles. The number of carbonyl (C=O) groups excluding carboxylic acids is 2. The molecule has 0 aliphatic carbocycles. The van der Waals surface area contributed by atoms with Crippen LogP contribution in [0.5, 0.6) is 0 Å². The summed E-state index contributed by atoms with van der Waals surface area (Å²) in [7, 11) is 0. The zero-order valence-electron chi connectivity index (χ0n) is 14.4. The van der Waals surface area contributed by atoms with Gasteiger partial charge in [0.1, 0.15) is 5.70 Å². The van der Waals surface area contributed by atoms with E-state index in [0.29, 0.717) is 11.3 Å². The summed E-state index contributed by atoms with van der Waals surface area (Å²) < 4.78 is 0. The van der Waals surface area contributed by atoms with Crippen LogP contribution in [-0.4, -0.2) is 29.3 Å². The Morgan fingerprint density at radius 2 is 1.84 bits per heavy atom. The summed E-state index contributed by atoms with van der Waals surface area (Å²) in [5, 5.41) is 1.94. The lowest BCUT2D eigenvalue weighted by Crippen LogP contribution is -2.40. The van der Waals surface area contributed by atoms with Gasteiger partial charge in [-0.05, 0) is 49.8 Å². The van der Waals surface area contributed by atoms with Crippen molar-refractivity contribution in [2.24, 2.45) is 0 Å². The number of para-hydroxylation sites is 1. The van der Waals surface area contributed by atoms with Gasteiger partial charge in [0.15, 0.2) is 0 Å². The number of aryl methyl sites for hydroxylation is 1. The van der Waals surface area contributed by atoms with Gasteiger partial charge < -0.3 is 4.90 Å². The number of rotatable bonds is 3. The van der Waals surface area contributed by atoms with Crippen LogP contribution in [0.1, 0.15) is 30.7 Å². The lowest BCUT2D eigenvalue weighted by Gasteiger charge is -2.32. The number of carbonyl (C=O) groups is 2. The molecule has 2 amide bonds. The van der Waals surface area contributed by atoms with Gasteiger partial charge in [-0.15, -0.1) is 11.3 Å². The third kappa shape index (κ3) is 2.50. The minimum absolute atomic E-state index is 0.160. The Kier molecular flexibility index (Phi) is 3.96. The monoisotopic (exact) mass is 352 g/mol. The average Bonchev–Trinajstić information content (AvgIpc) is 3.20. The van der Waals surface area contributed by atoms with Gasteiger partial charge in [0.05, 0.1) is 5.57 Å². The Morgan fingerprint density at radius 3 is 2.56 bits per heavy atom. The van der Waals surface area contributed by atoms with E-state index in [2.05, 4.69) is 11.0 Å². The highest BCUT2D eigenvalue weighted by molar-refractivity contribution is 7.11. The maximum atomic E-state index is 13.2. The number of hydrogen-bond donors (Lipinski definition) is 0. The van der Waals surface area contributed by atoms with Gasteiger partial charge in [-0.2, -0.15) is 0 Å². The maximum Gasteiger partial charge on any atom is 0.278 e. The van der Waals surface area contributed by atoms with E-state index in [-0.39, 0.29) is 17.9 Å². The van der Waals surface area contributed by atoms with Gasteiger partial charge >= 0.3 is 0 Å². The van der Waals surface area contributed by atoms with Crippen LogP contribution in [0.15, 0.2) is 47.5 Å². The molecule has 2 aromatic rings. The van der Waals surface area contributed by atoms with E-state index in [1.54, 1.807) is 0 Å². The standard InChI is InChI=1S/C20H20N2O2S/c1-13(2)22-19(23)17(16-10-6-12-25-16)18(20(22)24)21-11-5-8-14-7-3-4-9-15(14)21/h3-4,6-7,9-10,12-13H,5,8,11H2,1-2H3. The van der Waals surface area contributed by atoms with E-state index in [4.69, 9.17) is 0 Å². The van der Waals surface area contributed by atoms with Crippen LogP contribution in [0.25, 0.3) is 5.57 Å². The minimum atomic E-state index is -0.180. The SMILES string of the molecule is CC(C)N1C(=O)C(c2cccs2)=C(N2CCCc3ccccc32)C1=O. The zero-order chi connectivity index (χ0) is 17.6. The normalized spacial score (nSPS) is 17.7. The molecule has 128 valence electrons. The molecule has 0 saturated heterocycles. The van der Waals surface area contributed by atoms with Crippen molar-refractivity contribution in [3.63, 3.8) is 0 Å². The molecule has 0 atom stereocenters. The topological polar surface area (TPSA) is 40.6 Å². The number of nitrogens with zero attached hydrogens (tertiary/aromatic N) is 2. The molecule has 0 spiro atoms. The van der Waals surface area contributed by atoms with Crippen molar-refractivity contribution in [1.29, 1.82) is 0 Å². The molecule has 3 heterocycles. The van der Waals surface area contributed by atoms with Crippen LogP contribution in [0.4, 0.5) is 5.69 Å². The first kappa shape index (κ1) is 16.1. The first-order valence-corrected chi connectivity index (χ1v) is 9.49. The zero-order valence-corrected chi connectivity index (χ0v) is 15.2. The molecule has 0 radical (unpaired) electrons. The number of hydrogen-bond acceptors (Lipinski definition) is 4. The number of amides is 2. The first-order valence-electron chi connectivity index (χ1n) is 8.61. The molecule has 1 aromatic heterocycles. The van der Waals surface area contributed by atoms with Crippen molar-refractivity contribution < 1.29 is 9.59 Å². The molecule has 0 saturated carbocycles. The Balaban J connectivity index is 1.91.